The lowest BCUT2D eigenvalue weighted by Crippen LogP contribution is -2.00. The predicted octanol–water partition coefficient (Wildman–Crippen LogP) is 2.93. The number of ketones is 1. The van der Waals surface area contributed by atoms with Gasteiger partial charge >= 0.3 is 0 Å². The molecule has 1 aromatic rings. The van der Waals surface area contributed by atoms with Gasteiger partial charge in [-0.1, -0.05) is 6.92 Å². The van der Waals surface area contributed by atoms with Crippen molar-refractivity contribution in [3.63, 3.8) is 0 Å². The fourth-order valence-corrected chi connectivity index (χ4v) is 1.63. The first kappa shape index (κ1) is 10.4. The van der Waals surface area contributed by atoms with E-state index in [9.17, 15) is 4.79 Å². The van der Waals surface area contributed by atoms with Gasteiger partial charge in [0, 0.05) is 23.3 Å². The molecule has 0 aliphatic rings. The molecule has 13 heavy (non-hydrogen) atoms. The third-order valence-corrected chi connectivity index (χ3v) is 2.32. The Kier molecular flexibility index (Phi) is 3.60. The molecule has 1 atom stereocenters. The summed E-state index contributed by atoms with van der Waals surface area (Å²) in [7, 11) is 0. The van der Waals surface area contributed by atoms with Crippen molar-refractivity contribution in [3.05, 3.63) is 28.5 Å². The van der Waals surface area contributed by atoms with Crippen LogP contribution in [0, 0.1) is 0 Å². The van der Waals surface area contributed by atoms with Crippen molar-refractivity contribution in [2.24, 2.45) is 0 Å². The minimum Gasteiger partial charge on any atom is -0.300 e. The minimum atomic E-state index is 0.215. The van der Waals surface area contributed by atoms with Crippen LogP contribution in [-0.2, 0) is 4.79 Å². The lowest BCUT2D eigenvalue weighted by Gasteiger charge is -2.08. The average molecular weight is 242 g/mol. The maximum atomic E-state index is 10.9. The topological polar surface area (TPSA) is 30.0 Å². The van der Waals surface area contributed by atoms with Gasteiger partial charge in [-0.05, 0) is 40.4 Å². The van der Waals surface area contributed by atoms with Gasteiger partial charge in [-0.2, -0.15) is 0 Å². The molecular weight excluding hydrogens is 230 g/mol. The standard InChI is InChI=1S/C10H12BrNO/c1-7(3-8(2)13)9-4-10(11)6-12-5-9/h4-7H,3H2,1-2H3/t7-/m0/s1. The number of hydrogen-bond acceptors (Lipinski definition) is 2. The zero-order chi connectivity index (χ0) is 9.84. The van der Waals surface area contributed by atoms with Crippen LogP contribution in [-0.4, -0.2) is 10.8 Å². The number of Topliss-reactive ketones (excluding diaryl/α,β-unsaturated/α-hetero) is 1. The van der Waals surface area contributed by atoms with Crippen LogP contribution in [0.3, 0.4) is 0 Å². The van der Waals surface area contributed by atoms with Crippen molar-refractivity contribution >= 4 is 21.7 Å². The second-order valence-electron chi connectivity index (χ2n) is 3.24. The molecule has 2 nitrogen and oxygen atoms in total. The van der Waals surface area contributed by atoms with Crippen molar-refractivity contribution in [2.45, 2.75) is 26.2 Å². The summed E-state index contributed by atoms with van der Waals surface area (Å²) in [6, 6.07) is 2.00. The molecule has 1 aromatic heterocycles. The van der Waals surface area contributed by atoms with E-state index in [1.165, 1.54) is 0 Å². The summed E-state index contributed by atoms with van der Waals surface area (Å²) < 4.78 is 0.959. The lowest BCUT2D eigenvalue weighted by atomic mass is 9.98. The van der Waals surface area contributed by atoms with E-state index in [1.54, 1.807) is 19.3 Å². The second kappa shape index (κ2) is 4.51. The molecule has 0 aliphatic carbocycles. The first-order valence-electron chi connectivity index (χ1n) is 4.19. The number of aromatic nitrogens is 1. The van der Waals surface area contributed by atoms with Crippen molar-refractivity contribution in [2.75, 3.05) is 0 Å². The zero-order valence-corrected chi connectivity index (χ0v) is 9.34. The molecule has 0 unspecified atom stereocenters. The van der Waals surface area contributed by atoms with Crippen LogP contribution in [0.15, 0.2) is 22.9 Å². The summed E-state index contributed by atoms with van der Waals surface area (Å²) in [4.78, 5) is 14.9. The van der Waals surface area contributed by atoms with E-state index >= 15 is 0 Å². The Morgan fingerprint density at radius 1 is 1.62 bits per heavy atom. The van der Waals surface area contributed by atoms with Gasteiger partial charge in [0.05, 0.1) is 0 Å². The predicted molar refractivity (Wildman–Crippen MR) is 55.7 cm³/mol. The van der Waals surface area contributed by atoms with Gasteiger partial charge in [0.1, 0.15) is 5.78 Å². The van der Waals surface area contributed by atoms with Gasteiger partial charge in [-0.15, -0.1) is 0 Å². The Labute approximate surface area is 86.5 Å². The summed E-state index contributed by atoms with van der Waals surface area (Å²) in [6.45, 7) is 3.65. The molecule has 0 aliphatic heterocycles. The minimum absolute atomic E-state index is 0.215. The zero-order valence-electron chi connectivity index (χ0n) is 7.75. The summed E-state index contributed by atoms with van der Waals surface area (Å²) in [5.74, 6) is 0.468. The van der Waals surface area contributed by atoms with E-state index in [0.717, 1.165) is 10.0 Å². The van der Waals surface area contributed by atoms with Gasteiger partial charge < -0.3 is 4.79 Å². The van der Waals surface area contributed by atoms with Crippen molar-refractivity contribution in [3.8, 4) is 0 Å². The van der Waals surface area contributed by atoms with Crippen molar-refractivity contribution in [1.29, 1.82) is 0 Å². The second-order valence-corrected chi connectivity index (χ2v) is 4.16. The Morgan fingerprint density at radius 2 is 2.31 bits per heavy atom. The molecule has 0 saturated heterocycles. The van der Waals surface area contributed by atoms with Crippen LogP contribution < -0.4 is 0 Å². The maximum absolute atomic E-state index is 10.9. The molecule has 3 heteroatoms. The van der Waals surface area contributed by atoms with Crippen LogP contribution >= 0.6 is 15.9 Å². The largest absolute Gasteiger partial charge is 0.300 e. The SMILES string of the molecule is CC(=O)C[C@H](C)c1cncc(Br)c1. The Bertz CT molecular complexity index is 312. The highest BCUT2D eigenvalue weighted by Crippen LogP contribution is 2.21. The summed E-state index contributed by atoms with van der Waals surface area (Å²) in [5.41, 5.74) is 1.10. The fourth-order valence-electron chi connectivity index (χ4n) is 1.25. The number of nitrogens with zero attached hydrogens (tertiary/aromatic N) is 1. The summed E-state index contributed by atoms with van der Waals surface area (Å²) in [5, 5.41) is 0. The summed E-state index contributed by atoms with van der Waals surface area (Å²) >= 11 is 3.35. The molecule has 0 saturated carbocycles. The van der Waals surface area contributed by atoms with E-state index < -0.39 is 0 Å². The molecule has 0 fully saturated rings. The van der Waals surface area contributed by atoms with Crippen molar-refractivity contribution < 1.29 is 4.79 Å². The van der Waals surface area contributed by atoms with Crippen molar-refractivity contribution in [1.82, 2.24) is 4.98 Å². The van der Waals surface area contributed by atoms with Crippen LogP contribution in [0.25, 0.3) is 0 Å². The Hall–Kier alpha value is -0.700. The molecule has 0 amide bonds. The van der Waals surface area contributed by atoms with Gasteiger partial charge in [0.25, 0.3) is 0 Å². The molecule has 0 spiro atoms. The van der Waals surface area contributed by atoms with E-state index in [1.807, 2.05) is 13.0 Å². The molecule has 0 bridgehead atoms. The normalized spacial score (nSPS) is 12.5. The van der Waals surface area contributed by atoms with Gasteiger partial charge in [-0.3, -0.25) is 4.98 Å². The highest BCUT2D eigenvalue weighted by Gasteiger charge is 2.08. The number of hydrogen-bond donors (Lipinski definition) is 0. The quantitative estimate of drug-likeness (QED) is 0.815. The number of carbonyl (C=O) groups is 1. The number of pyridine rings is 1. The molecular formula is C10H12BrNO. The molecule has 0 N–H and O–H groups in total. The molecule has 70 valence electrons. The van der Waals surface area contributed by atoms with Crippen LogP contribution in [0.5, 0.6) is 0 Å². The first-order chi connectivity index (χ1) is 6.09. The highest BCUT2D eigenvalue weighted by molar-refractivity contribution is 9.10. The monoisotopic (exact) mass is 241 g/mol. The molecule has 1 rings (SSSR count). The van der Waals surface area contributed by atoms with Gasteiger partial charge in [0.2, 0.25) is 0 Å². The van der Waals surface area contributed by atoms with E-state index in [4.69, 9.17) is 0 Å². The third kappa shape index (κ3) is 3.27. The number of carbonyl (C=O) groups excluding carboxylic acids is 1. The lowest BCUT2D eigenvalue weighted by molar-refractivity contribution is -0.117. The molecule has 1 heterocycles. The highest BCUT2D eigenvalue weighted by atomic mass is 79.9. The smallest absolute Gasteiger partial charge is 0.130 e. The first-order valence-corrected chi connectivity index (χ1v) is 4.99. The van der Waals surface area contributed by atoms with E-state index in [0.29, 0.717) is 6.42 Å². The average Bonchev–Trinajstić information content (AvgIpc) is 2.03. The Balaban J connectivity index is 2.76. The Morgan fingerprint density at radius 3 is 2.85 bits per heavy atom. The molecule has 0 aromatic carbocycles. The van der Waals surface area contributed by atoms with Crippen LogP contribution in [0.1, 0.15) is 31.7 Å². The number of rotatable bonds is 3. The third-order valence-electron chi connectivity index (χ3n) is 1.89. The van der Waals surface area contributed by atoms with E-state index in [-0.39, 0.29) is 11.7 Å². The fraction of sp³-hybridized carbons (Fsp3) is 0.400. The maximum Gasteiger partial charge on any atom is 0.130 e. The van der Waals surface area contributed by atoms with Gasteiger partial charge in [0.15, 0.2) is 0 Å². The van der Waals surface area contributed by atoms with E-state index in [2.05, 4.69) is 20.9 Å². The van der Waals surface area contributed by atoms with Crippen LogP contribution in [0.4, 0.5) is 0 Å². The molecule has 0 radical (unpaired) electrons. The number of halogens is 1. The summed E-state index contributed by atoms with van der Waals surface area (Å²) in [6.07, 6.45) is 4.13. The van der Waals surface area contributed by atoms with Gasteiger partial charge in [-0.25, -0.2) is 0 Å². The van der Waals surface area contributed by atoms with Crippen LogP contribution in [0.2, 0.25) is 0 Å².